The second-order valence-corrected chi connectivity index (χ2v) is 7.84. The number of nitrogens with one attached hydrogen (secondary N) is 1. The SMILES string of the molecule is CC.COc1cc(F)cc(C2=CC(=O)N3C=C(N4CCNCC4)C=CC3P2)c1. The van der Waals surface area contributed by atoms with Crippen LogP contribution in [0.3, 0.4) is 0 Å². The summed E-state index contributed by atoms with van der Waals surface area (Å²) < 4.78 is 19.0. The predicted molar refractivity (Wildman–Crippen MR) is 113 cm³/mol. The lowest BCUT2D eigenvalue weighted by atomic mass is 10.1. The fraction of sp³-hybridized carbons (Fsp3) is 0.381. The zero-order valence-corrected chi connectivity index (χ0v) is 17.5. The van der Waals surface area contributed by atoms with Gasteiger partial charge >= 0.3 is 0 Å². The molecular weight excluding hydrogens is 376 g/mol. The van der Waals surface area contributed by atoms with Gasteiger partial charge in [0, 0.05) is 44.5 Å². The maximum atomic E-state index is 13.8. The van der Waals surface area contributed by atoms with E-state index in [9.17, 15) is 9.18 Å². The topological polar surface area (TPSA) is 44.8 Å². The molecule has 3 aliphatic rings. The van der Waals surface area contributed by atoms with Gasteiger partial charge in [0.05, 0.1) is 18.6 Å². The molecular formula is C21H27FN3O2P. The minimum Gasteiger partial charge on any atom is -0.497 e. The van der Waals surface area contributed by atoms with Crippen LogP contribution in [0.2, 0.25) is 0 Å². The minimum absolute atomic E-state index is 0.0107. The molecule has 0 spiro atoms. The second kappa shape index (κ2) is 9.35. The van der Waals surface area contributed by atoms with Gasteiger partial charge in [-0.05, 0) is 29.1 Å². The fourth-order valence-electron chi connectivity index (χ4n) is 3.38. The molecule has 2 atom stereocenters. The summed E-state index contributed by atoms with van der Waals surface area (Å²) in [5.41, 5.74) is 1.78. The number of halogens is 1. The van der Waals surface area contributed by atoms with Crippen LogP contribution >= 0.6 is 8.58 Å². The number of benzene rings is 1. The monoisotopic (exact) mass is 403 g/mol. The largest absolute Gasteiger partial charge is 0.497 e. The van der Waals surface area contributed by atoms with Gasteiger partial charge in [0.25, 0.3) is 5.91 Å². The van der Waals surface area contributed by atoms with Gasteiger partial charge in [-0.3, -0.25) is 4.79 Å². The maximum Gasteiger partial charge on any atom is 0.252 e. The summed E-state index contributed by atoms with van der Waals surface area (Å²) in [7, 11) is 1.87. The van der Waals surface area contributed by atoms with Gasteiger partial charge < -0.3 is 19.9 Å². The molecule has 4 rings (SSSR count). The summed E-state index contributed by atoms with van der Waals surface area (Å²) in [6, 6.07) is 4.57. The van der Waals surface area contributed by atoms with Crippen molar-refractivity contribution in [2.24, 2.45) is 0 Å². The zero-order valence-electron chi connectivity index (χ0n) is 16.5. The van der Waals surface area contributed by atoms with E-state index in [2.05, 4.69) is 22.4 Å². The van der Waals surface area contributed by atoms with E-state index in [1.807, 2.05) is 20.0 Å². The summed E-state index contributed by atoms with van der Waals surface area (Å²) in [5.74, 6) is 0.0213. The Morgan fingerprint density at radius 1 is 1.21 bits per heavy atom. The molecule has 1 saturated heterocycles. The van der Waals surface area contributed by atoms with Gasteiger partial charge in [-0.1, -0.05) is 28.5 Å². The molecule has 2 unspecified atom stereocenters. The standard InChI is InChI=1S/C19H21FN3O2P.C2H6/c1-25-16-9-13(8-14(20)10-16)17-11-18(24)23-12-15(2-3-19(23)26-17)22-6-4-21-5-7-22;1-2/h2-3,8-12,19,21,26H,4-7H2,1H3;1-2H3. The van der Waals surface area contributed by atoms with E-state index in [0.717, 1.165) is 37.2 Å². The second-order valence-electron chi connectivity index (χ2n) is 6.42. The Morgan fingerprint density at radius 3 is 2.68 bits per heavy atom. The first kappa shape index (κ1) is 20.6. The van der Waals surface area contributed by atoms with Gasteiger partial charge in [0.1, 0.15) is 11.6 Å². The highest BCUT2D eigenvalue weighted by molar-refractivity contribution is 7.51. The van der Waals surface area contributed by atoms with Crippen LogP contribution in [0.15, 0.2) is 48.3 Å². The highest BCUT2D eigenvalue weighted by Gasteiger charge is 2.29. The first-order valence-corrected chi connectivity index (χ1v) is 10.7. The van der Waals surface area contributed by atoms with E-state index < -0.39 is 0 Å². The van der Waals surface area contributed by atoms with Gasteiger partial charge in [-0.25, -0.2) is 4.39 Å². The van der Waals surface area contributed by atoms with E-state index in [1.165, 1.54) is 19.2 Å². The third-order valence-corrected chi connectivity index (χ3v) is 6.26. The van der Waals surface area contributed by atoms with Crippen molar-refractivity contribution in [3.05, 3.63) is 59.7 Å². The Hall–Kier alpha value is -2.17. The lowest BCUT2D eigenvalue weighted by molar-refractivity contribution is -0.123. The number of fused-ring (bicyclic) bond motifs is 1. The third-order valence-electron chi connectivity index (χ3n) is 4.75. The van der Waals surface area contributed by atoms with Gasteiger partial charge in [-0.15, -0.1) is 0 Å². The molecule has 0 saturated carbocycles. The molecule has 0 radical (unpaired) electrons. The van der Waals surface area contributed by atoms with Crippen LogP contribution in [0.5, 0.6) is 5.75 Å². The molecule has 0 bridgehead atoms. The van der Waals surface area contributed by atoms with E-state index in [0.29, 0.717) is 19.9 Å². The molecule has 0 aliphatic carbocycles. The summed E-state index contributed by atoms with van der Waals surface area (Å²) in [4.78, 5) is 16.8. The van der Waals surface area contributed by atoms with Crippen LogP contribution in [-0.2, 0) is 4.79 Å². The Bertz CT molecular complexity index is 816. The van der Waals surface area contributed by atoms with E-state index >= 15 is 0 Å². The number of ether oxygens (including phenoxy) is 1. The van der Waals surface area contributed by atoms with E-state index in [4.69, 9.17) is 4.74 Å². The summed E-state index contributed by atoms with van der Waals surface area (Å²) in [6.45, 7) is 7.79. The van der Waals surface area contributed by atoms with Crippen molar-refractivity contribution in [3.8, 4) is 5.75 Å². The molecule has 28 heavy (non-hydrogen) atoms. The lowest BCUT2D eigenvalue weighted by Crippen LogP contribution is -2.44. The van der Waals surface area contributed by atoms with Crippen LogP contribution in [0.4, 0.5) is 4.39 Å². The number of hydrogen-bond donors (Lipinski definition) is 1. The van der Waals surface area contributed by atoms with Crippen molar-refractivity contribution in [1.29, 1.82) is 0 Å². The molecule has 150 valence electrons. The number of amides is 1. The number of piperazine rings is 1. The number of carbonyl (C=O) groups is 1. The van der Waals surface area contributed by atoms with Gasteiger partial charge in [-0.2, -0.15) is 0 Å². The molecule has 3 heterocycles. The molecule has 1 N–H and O–H groups in total. The first-order chi connectivity index (χ1) is 13.6. The summed E-state index contributed by atoms with van der Waals surface area (Å²) >= 11 is 0. The van der Waals surface area contributed by atoms with Crippen molar-refractivity contribution >= 4 is 19.8 Å². The zero-order chi connectivity index (χ0) is 20.1. The highest BCUT2D eigenvalue weighted by atomic mass is 31.1. The molecule has 0 aromatic heterocycles. The number of hydrogen-bond acceptors (Lipinski definition) is 4. The number of rotatable bonds is 3. The van der Waals surface area contributed by atoms with E-state index in [1.54, 1.807) is 17.0 Å². The number of nitrogens with zero attached hydrogens (tertiary/aromatic N) is 2. The molecule has 5 nitrogen and oxygen atoms in total. The Morgan fingerprint density at radius 2 is 1.96 bits per heavy atom. The minimum atomic E-state index is -0.361. The van der Waals surface area contributed by atoms with Crippen molar-refractivity contribution in [1.82, 2.24) is 15.1 Å². The normalized spacial score (nSPS) is 22.1. The summed E-state index contributed by atoms with van der Waals surface area (Å²) in [6.07, 6.45) is 7.75. The lowest BCUT2D eigenvalue weighted by Gasteiger charge is -2.37. The maximum absolute atomic E-state index is 13.8. The number of methoxy groups -OCH3 is 1. The van der Waals surface area contributed by atoms with Gasteiger partial charge in [0.2, 0.25) is 0 Å². The Balaban J connectivity index is 0.00000109. The first-order valence-electron chi connectivity index (χ1n) is 9.65. The quantitative estimate of drug-likeness (QED) is 0.787. The predicted octanol–water partition coefficient (Wildman–Crippen LogP) is 3.36. The Labute approximate surface area is 167 Å². The molecule has 1 aromatic carbocycles. The van der Waals surface area contributed by atoms with Crippen molar-refractivity contribution in [2.75, 3.05) is 33.3 Å². The average Bonchev–Trinajstić information content (AvgIpc) is 2.75. The third kappa shape index (κ3) is 4.45. The molecule has 3 aliphatic heterocycles. The van der Waals surface area contributed by atoms with Crippen molar-refractivity contribution in [3.63, 3.8) is 0 Å². The number of carbonyl (C=O) groups excluding carboxylic acids is 1. The van der Waals surface area contributed by atoms with Gasteiger partial charge in [0.15, 0.2) is 0 Å². The molecule has 1 fully saturated rings. The van der Waals surface area contributed by atoms with Crippen LogP contribution in [0.25, 0.3) is 5.31 Å². The van der Waals surface area contributed by atoms with Crippen LogP contribution in [-0.4, -0.2) is 54.8 Å². The van der Waals surface area contributed by atoms with Crippen LogP contribution < -0.4 is 10.1 Å². The highest BCUT2D eigenvalue weighted by Crippen LogP contribution is 2.45. The van der Waals surface area contributed by atoms with Crippen LogP contribution in [0, 0.1) is 5.82 Å². The fourth-order valence-corrected chi connectivity index (χ4v) is 4.75. The summed E-state index contributed by atoms with van der Waals surface area (Å²) in [5, 5.41) is 4.19. The van der Waals surface area contributed by atoms with Crippen LogP contribution in [0.1, 0.15) is 19.4 Å². The number of allylic oxidation sites excluding steroid dienone is 1. The Kier molecular flexibility index (Phi) is 6.87. The van der Waals surface area contributed by atoms with Crippen molar-refractivity contribution < 1.29 is 13.9 Å². The van der Waals surface area contributed by atoms with Crippen molar-refractivity contribution in [2.45, 2.75) is 19.6 Å². The molecule has 1 aromatic rings. The smallest absolute Gasteiger partial charge is 0.252 e. The average molecular weight is 403 g/mol. The molecule has 1 amide bonds. The molecule has 7 heteroatoms. The van der Waals surface area contributed by atoms with E-state index in [-0.39, 0.29) is 17.5 Å².